The molecule has 1 N–H and O–H groups in total. The molecule has 6 nitrogen and oxygen atoms in total. The van der Waals surface area contributed by atoms with Crippen LogP contribution in [0, 0.1) is 6.92 Å². The Morgan fingerprint density at radius 1 is 1.29 bits per heavy atom. The molecule has 0 saturated heterocycles. The zero-order valence-corrected chi connectivity index (χ0v) is 16.9. The molecule has 2 heterocycles. The lowest BCUT2D eigenvalue weighted by atomic mass is 10.2. The fraction of sp³-hybridized carbons (Fsp3) is 0.190. The first-order chi connectivity index (χ1) is 13.5. The molecule has 3 aromatic rings. The van der Waals surface area contributed by atoms with Gasteiger partial charge in [-0.25, -0.2) is 9.97 Å². The molecule has 0 spiro atoms. The molecule has 0 saturated carbocycles. The number of anilines is 2. The van der Waals surface area contributed by atoms with Gasteiger partial charge in [0.1, 0.15) is 12.4 Å². The van der Waals surface area contributed by atoms with Crippen molar-refractivity contribution in [2.24, 2.45) is 0 Å². The van der Waals surface area contributed by atoms with E-state index < -0.39 is 0 Å². The minimum absolute atomic E-state index is 0.222. The van der Waals surface area contributed by atoms with Crippen molar-refractivity contribution in [3.8, 4) is 5.75 Å². The maximum absolute atomic E-state index is 12.3. The molecule has 0 aliphatic heterocycles. The molecule has 0 fully saturated rings. The second kappa shape index (κ2) is 9.14. The summed E-state index contributed by atoms with van der Waals surface area (Å²) in [4.78, 5) is 22.8. The van der Waals surface area contributed by atoms with Crippen molar-refractivity contribution in [1.29, 1.82) is 0 Å². The largest absolute Gasteiger partial charge is 0.487 e. The summed E-state index contributed by atoms with van der Waals surface area (Å²) in [6.07, 6.45) is 4.94. The van der Waals surface area contributed by atoms with Gasteiger partial charge in [-0.15, -0.1) is 11.3 Å². The maximum Gasteiger partial charge on any atom is 0.248 e. The van der Waals surface area contributed by atoms with Crippen LogP contribution in [0.4, 0.5) is 11.5 Å². The summed E-state index contributed by atoms with van der Waals surface area (Å²) in [6.45, 7) is 2.39. The lowest BCUT2D eigenvalue weighted by molar-refractivity contribution is -0.111. The molecule has 28 heavy (non-hydrogen) atoms. The fourth-order valence-corrected chi connectivity index (χ4v) is 3.13. The molecule has 3 rings (SSSR count). The van der Waals surface area contributed by atoms with Gasteiger partial charge in [-0.1, -0.05) is 12.1 Å². The molecule has 0 unspecified atom stereocenters. The van der Waals surface area contributed by atoms with E-state index in [4.69, 9.17) is 4.74 Å². The Balaban J connectivity index is 1.61. The minimum Gasteiger partial charge on any atom is -0.487 e. The molecule has 1 aromatic carbocycles. The van der Waals surface area contributed by atoms with Crippen molar-refractivity contribution >= 4 is 34.8 Å². The Morgan fingerprint density at radius 2 is 2.14 bits per heavy atom. The summed E-state index contributed by atoms with van der Waals surface area (Å²) in [7, 11) is 3.76. The van der Waals surface area contributed by atoms with E-state index >= 15 is 0 Å². The van der Waals surface area contributed by atoms with Gasteiger partial charge in [-0.2, -0.15) is 0 Å². The van der Waals surface area contributed by atoms with Crippen molar-refractivity contribution in [3.63, 3.8) is 0 Å². The number of rotatable bonds is 7. The van der Waals surface area contributed by atoms with Gasteiger partial charge in [-0.05, 0) is 42.8 Å². The number of ether oxygens (including phenoxy) is 1. The molecule has 0 bridgehead atoms. The molecule has 0 aliphatic carbocycles. The van der Waals surface area contributed by atoms with E-state index in [-0.39, 0.29) is 5.91 Å². The molecule has 2 aromatic heterocycles. The van der Waals surface area contributed by atoms with Crippen LogP contribution in [0.1, 0.15) is 16.3 Å². The number of thiazole rings is 1. The van der Waals surface area contributed by atoms with Gasteiger partial charge in [-0.3, -0.25) is 4.79 Å². The molecular formula is C21H22N4O2S. The Bertz CT molecular complexity index is 982. The third-order valence-corrected chi connectivity index (χ3v) is 4.63. The predicted octanol–water partition coefficient (Wildman–Crippen LogP) is 4.14. The smallest absolute Gasteiger partial charge is 0.248 e. The van der Waals surface area contributed by atoms with Crippen LogP contribution in [-0.4, -0.2) is 30.0 Å². The highest BCUT2D eigenvalue weighted by Crippen LogP contribution is 2.21. The van der Waals surface area contributed by atoms with Crippen molar-refractivity contribution in [2.75, 3.05) is 24.3 Å². The fourth-order valence-electron chi connectivity index (χ4n) is 2.54. The predicted molar refractivity (Wildman–Crippen MR) is 114 cm³/mol. The van der Waals surface area contributed by atoms with Gasteiger partial charge in [0.05, 0.1) is 16.4 Å². The number of pyridine rings is 1. The number of nitrogens with one attached hydrogen (secondary N) is 1. The third-order valence-electron chi connectivity index (χ3n) is 3.81. The van der Waals surface area contributed by atoms with Gasteiger partial charge in [0.25, 0.3) is 0 Å². The Labute approximate surface area is 168 Å². The zero-order chi connectivity index (χ0) is 19.9. The summed E-state index contributed by atoms with van der Waals surface area (Å²) < 4.78 is 5.79. The molecule has 0 radical (unpaired) electrons. The molecular weight excluding hydrogens is 372 g/mol. The third kappa shape index (κ3) is 5.40. The van der Waals surface area contributed by atoms with E-state index in [0.29, 0.717) is 18.1 Å². The van der Waals surface area contributed by atoms with Crippen LogP contribution >= 0.6 is 11.3 Å². The van der Waals surface area contributed by atoms with E-state index in [1.165, 1.54) is 6.08 Å². The van der Waals surface area contributed by atoms with Crippen molar-refractivity contribution in [2.45, 2.75) is 13.5 Å². The number of hydrogen-bond acceptors (Lipinski definition) is 6. The normalized spacial score (nSPS) is 10.8. The number of carbonyl (C=O) groups excluding carboxylic acids is 1. The van der Waals surface area contributed by atoms with Gasteiger partial charge in [0.15, 0.2) is 5.82 Å². The SMILES string of the molecule is Cc1nc(COc2cccc(/C=C/C(=O)Nc3cccnc3N(C)C)c2)cs1. The first-order valence-electron chi connectivity index (χ1n) is 8.76. The number of amides is 1. The molecule has 7 heteroatoms. The van der Waals surface area contributed by atoms with Crippen LogP contribution in [0.3, 0.4) is 0 Å². The average molecular weight is 395 g/mol. The lowest BCUT2D eigenvalue weighted by Crippen LogP contribution is -2.16. The quantitative estimate of drug-likeness (QED) is 0.610. The number of hydrogen-bond donors (Lipinski definition) is 1. The number of benzene rings is 1. The second-order valence-corrected chi connectivity index (χ2v) is 7.37. The summed E-state index contributed by atoms with van der Waals surface area (Å²) >= 11 is 1.60. The molecule has 0 aliphatic rings. The standard InChI is InChI=1S/C21H22N4O2S/c1-15-23-17(14-28-15)13-27-18-7-4-6-16(12-18)9-10-20(26)24-19-8-5-11-22-21(19)25(2)3/h4-12,14H,13H2,1-3H3,(H,24,26)/b10-9+. The first kappa shape index (κ1) is 19.6. The minimum atomic E-state index is -0.222. The zero-order valence-electron chi connectivity index (χ0n) is 16.0. The maximum atomic E-state index is 12.3. The highest BCUT2D eigenvalue weighted by Gasteiger charge is 2.07. The Hall–Kier alpha value is -3.19. The van der Waals surface area contributed by atoms with Gasteiger partial charge in [0.2, 0.25) is 5.91 Å². The van der Waals surface area contributed by atoms with Gasteiger partial charge in [0, 0.05) is 31.7 Å². The van der Waals surface area contributed by atoms with E-state index in [9.17, 15) is 4.79 Å². The van der Waals surface area contributed by atoms with Crippen LogP contribution < -0.4 is 15.0 Å². The van der Waals surface area contributed by atoms with Crippen LogP contribution in [-0.2, 0) is 11.4 Å². The molecule has 1 amide bonds. The molecule has 144 valence electrons. The second-order valence-electron chi connectivity index (χ2n) is 6.31. The number of aryl methyl sites for hydroxylation is 1. The highest BCUT2D eigenvalue weighted by molar-refractivity contribution is 7.09. The summed E-state index contributed by atoms with van der Waals surface area (Å²) in [5.41, 5.74) is 2.45. The van der Waals surface area contributed by atoms with E-state index in [1.54, 1.807) is 29.7 Å². The van der Waals surface area contributed by atoms with Crippen molar-refractivity contribution in [1.82, 2.24) is 9.97 Å². The average Bonchev–Trinajstić information content (AvgIpc) is 3.11. The van der Waals surface area contributed by atoms with Gasteiger partial charge < -0.3 is 15.0 Å². The van der Waals surface area contributed by atoms with Crippen molar-refractivity contribution in [3.05, 3.63) is 70.3 Å². The monoisotopic (exact) mass is 394 g/mol. The number of aromatic nitrogens is 2. The van der Waals surface area contributed by atoms with Crippen LogP contribution in [0.5, 0.6) is 5.75 Å². The summed E-state index contributed by atoms with van der Waals surface area (Å²) in [5, 5.41) is 5.87. The van der Waals surface area contributed by atoms with Gasteiger partial charge >= 0.3 is 0 Å². The van der Waals surface area contributed by atoms with E-state index in [0.717, 1.165) is 22.0 Å². The topological polar surface area (TPSA) is 67.3 Å². The Morgan fingerprint density at radius 3 is 2.89 bits per heavy atom. The number of nitrogens with zero attached hydrogens (tertiary/aromatic N) is 3. The first-order valence-corrected chi connectivity index (χ1v) is 9.64. The number of carbonyl (C=O) groups is 1. The van der Waals surface area contributed by atoms with Crippen LogP contribution in [0.15, 0.2) is 54.1 Å². The van der Waals surface area contributed by atoms with Crippen LogP contribution in [0.2, 0.25) is 0 Å². The van der Waals surface area contributed by atoms with E-state index in [2.05, 4.69) is 15.3 Å². The van der Waals surface area contributed by atoms with E-state index in [1.807, 2.05) is 61.6 Å². The van der Waals surface area contributed by atoms with Crippen molar-refractivity contribution < 1.29 is 9.53 Å². The lowest BCUT2D eigenvalue weighted by Gasteiger charge is -2.15. The highest BCUT2D eigenvalue weighted by atomic mass is 32.1. The van der Waals surface area contributed by atoms with Crippen LogP contribution in [0.25, 0.3) is 6.08 Å². The molecule has 0 atom stereocenters. The Kier molecular flexibility index (Phi) is 6.39. The summed E-state index contributed by atoms with van der Waals surface area (Å²) in [5.74, 6) is 1.22. The summed E-state index contributed by atoms with van der Waals surface area (Å²) in [6, 6.07) is 11.2.